The third-order valence-electron chi connectivity index (χ3n) is 2.15. The van der Waals surface area contributed by atoms with Crippen LogP contribution in [0.5, 0.6) is 0 Å². The van der Waals surface area contributed by atoms with Gasteiger partial charge in [-0.2, -0.15) is 5.10 Å². The number of benzene rings is 1. The number of hydrogen-bond acceptors (Lipinski definition) is 3. The van der Waals surface area contributed by atoms with E-state index in [1.54, 1.807) is 4.68 Å². The Morgan fingerprint density at radius 3 is 3.06 bits per heavy atom. The molecule has 0 radical (unpaired) electrons. The highest BCUT2D eigenvalue weighted by atomic mass is 32.1. The Morgan fingerprint density at radius 2 is 2.38 bits per heavy atom. The molecule has 0 atom stereocenters. The minimum absolute atomic E-state index is 0.0754. The van der Waals surface area contributed by atoms with Crippen molar-refractivity contribution < 1.29 is 5.11 Å². The van der Waals surface area contributed by atoms with Gasteiger partial charge in [0.1, 0.15) is 0 Å². The second-order valence-corrected chi connectivity index (χ2v) is 3.82. The second-order valence-electron chi connectivity index (χ2n) is 3.38. The Morgan fingerprint density at radius 1 is 1.56 bits per heavy atom. The Kier molecular flexibility index (Phi) is 3.02. The van der Waals surface area contributed by atoms with Gasteiger partial charge in [-0.05, 0) is 30.4 Å². The van der Waals surface area contributed by atoms with Crippen molar-refractivity contribution in [1.82, 2.24) is 9.78 Å². The van der Waals surface area contributed by atoms with E-state index in [-0.39, 0.29) is 11.7 Å². The largest absolute Gasteiger partial charge is 0.394 e. The SMILES string of the molecule is NC(=S)Nc1ccc2nn(CCO)cc2c1. The van der Waals surface area contributed by atoms with Crippen LogP contribution in [0.15, 0.2) is 24.4 Å². The highest BCUT2D eigenvalue weighted by Crippen LogP contribution is 2.17. The van der Waals surface area contributed by atoms with E-state index in [9.17, 15) is 0 Å². The molecule has 0 unspecified atom stereocenters. The lowest BCUT2D eigenvalue weighted by molar-refractivity contribution is 0.270. The van der Waals surface area contributed by atoms with E-state index in [1.165, 1.54) is 0 Å². The van der Waals surface area contributed by atoms with Gasteiger partial charge in [0, 0.05) is 17.3 Å². The molecule has 0 aliphatic heterocycles. The van der Waals surface area contributed by atoms with Crippen LogP contribution in [0.3, 0.4) is 0 Å². The molecule has 5 nitrogen and oxygen atoms in total. The number of nitrogens with zero attached hydrogens (tertiary/aromatic N) is 2. The van der Waals surface area contributed by atoms with Gasteiger partial charge in [-0.25, -0.2) is 0 Å². The molecular formula is C10H12N4OS. The molecule has 0 aliphatic rings. The Labute approximate surface area is 97.9 Å². The number of aliphatic hydroxyl groups is 1. The summed E-state index contributed by atoms with van der Waals surface area (Å²) in [5.41, 5.74) is 7.10. The van der Waals surface area contributed by atoms with Crippen molar-refractivity contribution in [3.63, 3.8) is 0 Å². The topological polar surface area (TPSA) is 76.1 Å². The highest BCUT2D eigenvalue weighted by molar-refractivity contribution is 7.80. The van der Waals surface area contributed by atoms with Gasteiger partial charge in [0.25, 0.3) is 0 Å². The summed E-state index contributed by atoms with van der Waals surface area (Å²) >= 11 is 4.76. The number of nitrogens with two attached hydrogens (primary N) is 1. The molecule has 0 bridgehead atoms. The predicted molar refractivity (Wildman–Crippen MR) is 67.2 cm³/mol. The first-order valence-corrected chi connectivity index (χ1v) is 5.24. The molecule has 16 heavy (non-hydrogen) atoms. The molecule has 0 saturated carbocycles. The van der Waals surface area contributed by atoms with Crippen molar-refractivity contribution in [2.75, 3.05) is 11.9 Å². The van der Waals surface area contributed by atoms with Gasteiger partial charge < -0.3 is 16.2 Å². The maximum Gasteiger partial charge on any atom is 0.168 e. The third kappa shape index (κ3) is 2.29. The molecule has 1 aromatic heterocycles. The van der Waals surface area contributed by atoms with Crippen molar-refractivity contribution in [1.29, 1.82) is 0 Å². The summed E-state index contributed by atoms with van der Waals surface area (Å²) in [6.07, 6.45) is 1.87. The zero-order valence-corrected chi connectivity index (χ0v) is 9.37. The van der Waals surface area contributed by atoms with E-state index in [0.717, 1.165) is 16.6 Å². The third-order valence-corrected chi connectivity index (χ3v) is 2.25. The maximum atomic E-state index is 8.81. The zero-order chi connectivity index (χ0) is 11.5. The fraction of sp³-hybridized carbons (Fsp3) is 0.200. The highest BCUT2D eigenvalue weighted by Gasteiger charge is 2.01. The molecule has 0 fully saturated rings. The standard InChI is InChI=1S/C10H12N4OS/c11-10(16)12-8-1-2-9-7(5-8)6-14(13-9)3-4-15/h1-2,5-6,15H,3-4H2,(H3,11,12,16). The summed E-state index contributed by atoms with van der Waals surface area (Å²) in [5, 5.41) is 17.2. The van der Waals surface area contributed by atoms with Gasteiger partial charge in [0.2, 0.25) is 0 Å². The van der Waals surface area contributed by atoms with Crippen molar-refractivity contribution in [2.24, 2.45) is 5.73 Å². The molecule has 0 aliphatic carbocycles. The molecule has 4 N–H and O–H groups in total. The van der Waals surface area contributed by atoms with Crippen LogP contribution in [-0.4, -0.2) is 26.6 Å². The molecule has 0 spiro atoms. The van der Waals surface area contributed by atoms with Crippen LogP contribution in [0.2, 0.25) is 0 Å². The molecule has 1 aromatic carbocycles. The number of thiocarbonyl (C=S) groups is 1. The first-order chi connectivity index (χ1) is 7.69. The normalized spacial score (nSPS) is 10.6. The Bertz CT molecular complexity index is 523. The number of aromatic nitrogens is 2. The smallest absolute Gasteiger partial charge is 0.168 e. The molecule has 84 valence electrons. The summed E-state index contributed by atoms with van der Waals surface area (Å²) < 4.78 is 1.70. The maximum absolute atomic E-state index is 8.81. The number of fused-ring (bicyclic) bond motifs is 1. The van der Waals surface area contributed by atoms with Gasteiger partial charge in [-0.3, -0.25) is 4.68 Å². The van der Waals surface area contributed by atoms with E-state index in [2.05, 4.69) is 10.4 Å². The van der Waals surface area contributed by atoms with Crippen LogP contribution < -0.4 is 11.1 Å². The molecule has 1 heterocycles. The predicted octanol–water partition coefficient (Wildman–Crippen LogP) is 0.684. The van der Waals surface area contributed by atoms with Crippen molar-refractivity contribution >= 4 is 33.9 Å². The van der Waals surface area contributed by atoms with E-state index in [0.29, 0.717) is 6.54 Å². The first-order valence-electron chi connectivity index (χ1n) is 4.83. The van der Waals surface area contributed by atoms with Crippen molar-refractivity contribution in [3.05, 3.63) is 24.4 Å². The number of nitrogens with one attached hydrogen (secondary N) is 1. The quantitative estimate of drug-likeness (QED) is 0.683. The van der Waals surface area contributed by atoms with Crippen molar-refractivity contribution in [2.45, 2.75) is 6.54 Å². The van der Waals surface area contributed by atoms with Crippen LogP contribution in [0.1, 0.15) is 0 Å². The number of anilines is 1. The minimum Gasteiger partial charge on any atom is -0.394 e. The minimum atomic E-state index is 0.0754. The summed E-state index contributed by atoms with van der Waals surface area (Å²) in [4.78, 5) is 0. The van der Waals surface area contributed by atoms with Crippen LogP contribution in [0, 0.1) is 0 Å². The molecule has 2 aromatic rings. The fourth-order valence-corrected chi connectivity index (χ4v) is 1.63. The lowest BCUT2D eigenvalue weighted by atomic mass is 10.2. The van der Waals surface area contributed by atoms with Gasteiger partial charge in [0.15, 0.2) is 5.11 Å². The molecule has 0 saturated heterocycles. The summed E-state index contributed by atoms with van der Waals surface area (Å²) in [6.45, 7) is 0.568. The van der Waals surface area contributed by atoms with Crippen LogP contribution in [0.25, 0.3) is 10.9 Å². The van der Waals surface area contributed by atoms with Gasteiger partial charge in [0.05, 0.1) is 18.7 Å². The summed E-state index contributed by atoms with van der Waals surface area (Å²) in [5.74, 6) is 0. The Balaban J connectivity index is 2.33. The number of aliphatic hydroxyl groups excluding tert-OH is 1. The van der Waals surface area contributed by atoms with Gasteiger partial charge >= 0.3 is 0 Å². The lowest BCUT2D eigenvalue weighted by Gasteiger charge is -2.02. The molecule has 6 heteroatoms. The number of hydrogen-bond donors (Lipinski definition) is 3. The van der Waals surface area contributed by atoms with Crippen LogP contribution in [0.4, 0.5) is 5.69 Å². The second kappa shape index (κ2) is 4.46. The molecule has 2 rings (SSSR count). The van der Waals surface area contributed by atoms with Gasteiger partial charge in [-0.15, -0.1) is 0 Å². The first kappa shape index (κ1) is 10.8. The van der Waals surface area contributed by atoms with Crippen molar-refractivity contribution in [3.8, 4) is 0 Å². The summed E-state index contributed by atoms with van der Waals surface area (Å²) in [7, 11) is 0. The molecule has 0 amide bonds. The van der Waals surface area contributed by atoms with E-state index in [4.69, 9.17) is 23.1 Å². The average molecular weight is 236 g/mol. The zero-order valence-electron chi connectivity index (χ0n) is 8.55. The fourth-order valence-electron chi connectivity index (χ4n) is 1.51. The van der Waals surface area contributed by atoms with E-state index >= 15 is 0 Å². The molecular weight excluding hydrogens is 224 g/mol. The number of rotatable bonds is 3. The van der Waals surface area contributed by atoms with Crippen LogP contribution in [-0.2, 0) is 6.54 Å². The Hall–Kier alpha value is -1.66. The summed E-state index contributed by atoms with van der Waals surface area (Å²) in [6, 6.07) is 5.65. The van der Waals surface area contributed by atoms with Gasteiger partial charge in [-0.1, -0.05) is 0 Å². The average Bonchev–Trinajstić information content (AvgIpc) is 2.59. The van der Waals surface area contributed by atoms with E-state index < -0.39 is 0 Å². The monoisotopic (exact) mass is 236 g/mol. The lowest BCUT2D eigenvalue weighted by Crippen LogP contribution is -2.18. The van der Waals surface area contributed by atoms with E-state index in [1.807, 2.05) is 24.4 Å². The van der Waals surface area contributed by atoms with Crippen LogP contribution >= 0.6 is 12.2 Å².